The third-order valence-electron chi connectivity index (χ3n) is 4.23. The Hall–Kier alpha value is -2.09. The number of likely N-dealkylation sites (tertiary alicyclic amines) is 1. The molecule has 0 atom stereocenters. The Bertz CT molecular complexity index is 608. The van der Waals surface area contributed by atoms with Crippen molar-refractivity contribution in [2.75, 3.05) is 13.1 Å². The van der Waals surface area contributed by atoms with Gasteiger partial charge in [-0.1, -0.05) is 12.1 Å². The minimum atomic E-state index is -0.527. The number of halogens is 1. The number of rotatable bonds is 2. The molecule has 0 N–H and O–H groups in total. The van der Waals surface area contributed by atoms with E-state index in [1.807, 2.05) is 26.8 Å². The molecule has 1 fully saturated rings. The molecular formula is C18H23FN2O2. The minimum absolute atomic E-state index is 0.297. The van der Waals surface area contributed by atoms with Crippen molar-refractivity contribution in [1.82, 2.24) is 4.90 Å². The molecule has 1 aromatic rings. The van der Waals surface area contributed by atoms with Crippen LogP contribution in [0.3, 0.4) is 0 Å². The van der Waals surface area contributed by atoms with Gasteiger partial charge in [-0.05, 0) is 51.3 Å². The normalized spacial score (nSPS) is 17.4. The lowest BCUT2D eigenvalue weighted by Crippen LogP contribution is -2.46. The fraction of sp³-hybridized carbons (Fsp3) is 0.556. The molecular weight excluding hydrogens is 295 g/mol. The highest BCUT2D eigenvalue weighted by molar-refractivity contribution is 5.68. The topological polar surface area (TPSA) is 53.3 Å². The number of hydrogen-bond donors (Lipinski definition) is 0. The first kappa shape index (κ1) is 17.3. The van der Waals surface area contributed by atoms with Crippen molar-refractivity contribution < 1.29 is 13.9 Å². The molecule has 0 bridgehead atoms. The van der Waals surface area contributed by atoms with Crippen molar-refractivity contribution in [1.29, 1.82) is 5.26 Å². The Morgan fingerprint density at radius 1 is 1.39 bits per heavy atom. The summed E-state index contributed by atoms with van der Waals surface area (Å²) >= 11 is 0. The first-order valence-electron chi connectivity index (χ1n) is 7.87. The third-order valence-corrected chi connectivity index (χ3v) is 4.23. The summed E-state index contributed by atoms with van der Waals surface area (Å²) < 4.78 is 18.9. The summed E-state index contributed by atoms with van der Waals surface area (Å²) in [5, 5.41) is 9.19. The van der Waals surface area contributed by atoms with E-state index in [0.29, 0.717) is 32.4 Å². The van der Waals surface area contributed by atoms with Crippen molar-refractivity contribution in [2.45, 2.75) is 51.0 Å². The zero-order valence-electron chi connectivity index (χ0n) is 13.9. The summed E-state index contributed by atoms with van der Waals surface area (Å²) in [7, 11) is 0. The lowest BCUT2D eigenvalue weighted by molar-refractivity contribution is 0.0165. The smallest absolute Gasteiger partial charge is 0.410 e. The van der Waals surface area contributed by atoms with Crippen LogP contribution in [0.2, 0.25) is 0 Å². The second kappa shape index (κ2) is 6.57. The molecule has 1 aromatic carbocycles. The van der Waals surface area contributed by atoms with E-state index in [0.717, 1.165) is 5.56 Å². The van der Waals surface area contributed by atoms with Crippen molar-refractivity contribution in [2.24, 2.45) is 0 Å². The van der Waals surface area contributed by atoms with E-state index in [4.69, 9.17) is 4.74 Å². The van der Waals surface area contributed by atoms with Gasteiger partial charge in [0.25, 0.3) is 0 Å². The Labute approximate surface area is 136 Å². The fourth-order valence-electron chi connectivity index (χ4n) is 2.98. The molecule has 23 heavy (non-hydrogen) atoms. The number of nitriles is 1. The predicted octanol–water partition coefficient (Wildman–Crippen LogP) is 4.01. The van der Waals surface area contributed by atoms with Gasteiger partial charge in [-0.3, -0.25) is 0 Å². The number of piperidine rings is 1. The van der Waals surface area contributed by atoms with Gasteiger partial charge in [-0.15, -0.1) is 0 Å². The Morgan fingerprint density at radius 2 is 2.04 bits per heavy atom. The lowest BCUT2D eigenvalue weighted by atomic mass is 9.71. The van der Waals surface area contributed by atoms with Gasteiger partial charge >= 0.3 is 6.09 Å². The second-order valence-electron chi connectivity index (χ2n) is 7.09. The van der Waals surface area contributed by atoms with Crippen molar-refractivity contribution in [3.63, 3.8) is 0 Å². The molecule has 1 aliphatic heterocycles. The zero-order valence-corrected chi connectivity index (χ0v) is 13.9. The van der Waals surface area contributed by atoms with E-state index in [1.54, 1.807) is 11.0 Å². The Balaban J connectivity index is 2.12. The van der Waals surface area contributed by atoms with Crippen LogP contribution in [0.25, 0.3) is 0 Å². The first-order valence-corrected chi connectivity index (χ1v) is 7.87. The molecule has 1 saturated heterocycles. The highest BCUT2D eigenvalue weighted by Gasteiger charge is 2.38. The Morgan fingerprint density at radius 3 is 2.57 bits per heavy atom. The van der Waals surface area contributed by atoms with Crippen LogP contribution in [0, 0.1) is 17.1 Å². The first-order chi connectivity index (χ1) is 10.8. The number of nitrogens with zero attached hydrogens (tertiary/aromatic N) is 2. The summed E-state index contributed by atoms with van der Waals surface area (Å²) in [5.74, 6) is -0.297. The largest absolute Gasteiger partial charge is 0.444 e. The number of benzene rings is 1. The average Bonchev–Trinajstić information content (AvgIpc) is 2.46. The molecule has 0 aliphatic carbocycles. The van der Waals surface area contributed by atoms with Gasteiger partial charge in [-0.2, -0.15) is 5.26 Å². The molecule has 4 nitrogen and oxygen atoms in total. The summed E-state index contributed by atoms with van der Waals surface area (Å²) in [6.45, 7) is 6.52. The van der Waals surface area contributed by atoms with Crippen LogP contribution in [-0.2, 0) is 10.2 Å². The van der Waals surface area contributed by atoms with Crippen molar-refractivity contribution in [3.8, 4) is 6.07 Å². The summed E-state index contributed by atoms with van der Waals surface area (Å²) in [5.41, 5.74) is -0.0844. The van der Waals surface area contributed by atoms with E-state index in [9.17, 15) is 14.4 Å². The average molecular weight is 318 g/mol. The monoisotopic (exact) mass is 318 g/mol. The lowest BCUT2D eigenvalue weighted by Gasteiger charge is -2.41. The van der Waals surface area contributed by atoms with Gasteiger partial charge in [0.15, 0.2) is 0 Å². The molecule has 0 spiro atoms. The molecule has 124 valence electrons. The number of ether oxygens (including phenoxy) is 1. The van der Waals surface area contributed by atoms with Crippen LogP contribution < -0.4 is 0 Å². The summed E-state index contributed by atoms with van der Waals surface area (Å²) in [4.78, 5) is 13.8. The molecule has 0 saturated carbocycles. The maximum atomic E-state index is 13.6. The van der Waals surface area contributed by atoms with E-state index < -0.39 is 11.0 Å². The maximum Gasteiger partial charge on any atom is 0.410 e. The van der Waals surface area contributed by atoms with Crippen LogP contribution in [0.15, 0.2) is 24.3 Å². The molecule has 2 rings (SSSR count). The quantitative estimate of drug-likeness (QED) is 0.828. The van der Waals surface area contributed by atoms with Crippen LogP contribution in [0.1, 0.15) is 45.6 Å². The third kappa shape index (κ3) is 4.22. The molecule has 1 amide bonds. The highest BCUT2D eigenvalue weighted by Crippen LogP contribution is 2.39. The van der Waals surface area contributed by atoms with Gasteiger partial charge < -0.3 is 9.64 Å². The van der Waals surface area contributed by atoms with Gasteiger partial charge in [0, 0.05) is 24.9 Å². The number of hydrogen-bond acceptors (Lipinski definition) is 3. The van der Waals surface area contributed by atoms with Crippen molar-refractivity contribution >= 4 is 6.09 Å². The zero-order chi connectivity index (χ0) is 17.1. The minimum Gasteiger partial charge on any atom is -0.444 e. The van der Waals surface area contributed by atoms with Crippen LogP contribution in [-0.4, -0.2) is 29.7 Å². The van der Waals surface area contributed by atoms with Crippen molar-refractivity contribution in [3.05, 3.63) is 35.6 Å². The molecule has 5 heteroatoms. The fourth-order valence-corrected chi connectivity index (χ4v) is 2.98. The van der Waals surface area contributed by atoms with Gasteiger partial charge in [0.2, 0.25) is 0 Å². The van der Waals surface area contributed by atoms with E-state index >= 15 is 0 Å². The van der Waals surface area contributed by atoms with Gasteiger partial charge in [0.1, 0.15) is 11.4 Å². The molecule has 0 unspecified atom stereocenters. The standard InChI is InChI=1S/C18H23FN2O2/c1-17(2,3)23-16(22)21-11-8-18(7-10-20,9-12-21)14-5-4-6-15(19)13-14/h4-6,13H,7-9,11-12H2,1-3H3. The molecule has 0 radical (unpaired) electrons. The summed E-state index contributed by atoms with van der Waals surface area (Å²) in [6.07, 6.45) is 1.24. The molecule has 1 aliphatic rings. The highest BCUT2D eigenvalue weighted by atomic mass is 19.1. The van der Waals surface area contributed by atoms with E-state index in [1.165, 1.54) is 12.1 Å². The molecule has 1 heterocycles. The van der Waals surface area contributed by atoms with E-state index in [2.05, 4.69) is 6.07 Å². The van der Waals surface area contributed by atoms with Crippen LogP contribution in [0.5, 0.6) is 0 Å². The van der Waals surface area contributed by atoms with Gasteiger partial charge in [0.05, 0.1) is 6.07 Å². The van der Waals surface area contributed by atoms with Crippen LogP contribution >= 0.6 is 0 Å². The number of amides is 1. The Kier molecular flexibility index (Phi) is 4.93. The van der Waals surface area contributed by atoms with E-state index in [-0.39, 0.29) is 11.9 Å². The maximum absolute atomic E-state index is 13.6. The molecule has 0 aromatic heterocycles. The second-order valence-corrected chi connectivity index (χ2v) is 7.09. The summed E-state index contributed by atoms with van der Waals surface area (Å²) in [6, 6.07) is 8.66. The number of carbonyl (C=O) groups excluding carboxylic acids is 1. The SMILES string of the molecule is CC(C)(C)OC(=O)N1CCC(CC#N)(c2cccc(F)c2)CC1. The number of carbonyl (C=O) groups is 1. The predicted molar refractivity (Wildman–Crippen MR) is 85.3 cm³/mol. The van der Waals surface area contributed by atoms with Gasteiger partial charge in [-0.25, -0.2) is 9.18 Å². The van der Waals surface area contributed by atoms with Crippen LogP contribution in [0.4, 0.5) is 9.18 Å².